The molecule has 0 aliphatic rings. The maximum absolute atomic E-state index is 12.4. The molecular weight excluding hydrogens is 302 g/mol. The van der Waals surface area contributed by atoms with Gasteiger partial charge in [-0.1, -0.05) is 23.8 Å². The second-order valence-corrected chi connectivity index (χ2v) is 5.15. The number of amides is 1. The molecule has 118 valence electrons. The summed E-state index contributed by atoms with van der Waals surface area (Å²) in [5, 5.41) is 23.8. The van der Waals surface area contributed by atoms with Crippen molar-refractivity contribution in [2.75, 3.05) is 10.7 Å². The van der Waals surface area contributed by atoms with Crippen molar-refractivity contribution in [1.82, 2.24) is 0 Å². The minimum atomic E-state index is -0.292. The number of benzene rings is 2. The Balaban J connectivity index is 2.16. The Bertz CT molecular complexity index is 871. The van der Waals surface area contributed by atoms with Crippen LogP contribution >= 0.6 is 0 Å². The van der Waals surface area contributed by atoms with Crippen LogP contribution in [0.3, 0.4) is 0 Å². The lowest BCUT2D eigenvalue weighted by Crippen LogP contribution is -2.13. The van der Waals surface area contributed by atoms with Gasteiger partial charge in [0.1, 0.15) is 12.1 Å². The second kappa shape index (κ2) is 7.57. The number of hydrogen-bond acceptors (Lipinski definition) is 5. The van der Waals surface area contributed by atoms with Crippen molar-refractivity contribution in [2.24, 2.45) is 5.10 Å². The molecule has 6 nitrogen and oxygen atoms in total. The van der Waals surface area contributed by atoms with Crippen LogP contribution in [0, 0.1) is 36.5 Å². The van der Waals surface area contributed by atoms with Crippen molar-refractivity contribution in [1.29, 1.82) is 10.5 Å². The maximum Gasteiger partial charge on any atom is 0.255 e. The van der Waals surface area contributed by atoms with Crippen LogP contribution in [0.2, 0.25) is 0 Å². The van der Waals surface area contributed by atoms with Gasteiger partial charge in [0, 0.05) is 11.3 Å². The molecule has 0 spiro atoms. The molecule has 2 aromatic rings. The summed E-state index contributed by atoms with van der Waals surface area (Å²) in [6, 6.07) is 15.7. The number of rotatable bonds is 4. The number of nitriles is 2. The van der Waals surface area contributed by atoms with Crippen molar-refractivity contribution < 1.29 is 4.79 Å². The van der Waals surface area contributed by atoms with Crippen molar-refractivity contribution in [2.45, 2.75) is 13.8 Å². The first-order valence-electron chi connectivity index (χ1n) is 7.16. The number of hydrazone groups is 1. The van der Waals surface area contributed by atoms with Gasteiger partial charge in [-0.3, -0.25) is 10.2 Å². The molecule has 1 amide bonds. The van der Waals surface area contributed by atoms with E-state index in [1.165, 1.54) is 0 Å². The number of anilines is 2. The van der Waals surface area contributed by atoms with E-state index in [9.17, 15) is 4.79 Å². The fraction of sp³-hybridized carbons (Fsp3) is 0.111. The Morgan fingerprint density at radius 1 is 1.08 bits per heavy atom. The molecule has 0 unspecified atom stereocenters. The van der Waals surface area contributed by atoms with Gasteiger partial charge in [0.25, 0.3) is 5.91 Å². The average molecular weight is 317 g/mol. The zero-order valence-corrected chi connectivity index (χ0v) is 13.3. The number of hydrogen-bond donors (Lipinski definition) is 2. The summed E-state index contributed by atoms with van der Waals surface area (Å²) in [4.78, 5) is 12.4. The van der Waals surface area contributed by atoms with E-state index in [2.05, 4.69) is 15.8 Å². The molecule has 0 aliphatic carbocycles. The summed E-state index contributed by atoms with van der Waals surface area (Å²) in [6.45, 7) is 3.92. The Hall–Kier alpha value is -3.64. The lowest BCUT2D eigenvalue weighted by Gasteiger charge is -2.10. The smallest absolute Gasteiger partial charge is 0.255 e. The van der Waals surface area contributed by atoms with Crippen LogP contribution < -0.4 is 10.7 Å². The van der Waals surface area contributed by atoms with Gasteiger partial charge in [-0.05, 0) is 43.7 Å². The van der Waals surface area contributed by atoms with Crippen molar-refractivity contribution in [3.63, 3.8) is 0 Å². The predicted molar refractivity (Wildman–Crippen MR) is 92.6 cm³/mol. The summed E-state index contributed by atoms with van der Waals surface area (Å²) >= 11 is 0. The Labute approximate surface area is 140 Å². The fourth-order valence-corrected chi connectivity index (χ4v) is 2.07. The molecule has 2 N–H and O–H groups in total. The summed E-state index contributed by atoms with van der Waals surface area (Å²) < 4.78 is 0. The van der Waals surface area contributed by atoms with Crippen LogP contribution in [0.5, 0.6) is 0 Å². The Morgan fingerprint density at radius 3 is 2.50 bits per heavy atom. The Kier molecular flexibility index (Phi) is 5.28. The molecule has 0 aromatic heterocycles. The molecule has 0 radical (unpaired) electrons. The van der Waals surface area contributed by atoms with Gasteiger partial charge in [-0.2, -0.15) is 15.6 Å². The zero-order valence-electron chi connectivity index (χ0n) is 13.3. The Morgan fingerprint density at radius 2 is 1.83 bits per heavy atom. The summed E-state index contributed by atoms with van der Waals surface area (Å²) in [5.41, 5.74) is 6.09. The van der Waals surface area contributed by atoms with E-state index in [4.69, 9.17) is 10.5 Å². The van der Waals surface area contributed by atoms with E-state index < -0.39 is 0 Å². The van der Waals surface area contributed by atoms with E-state index in [0.29, 0.717) is 11.3 Å². The molecule has 0 bridgehead atoms. The molecule has 0 atom stereocenters. The molecule has 2 rings (SSSR count). The zero-order chi connectivity index (χ0) is 17.5. The largest absolute Gasteiger partial charge is 0.322 e. The lowest BCUT2D eigenvalue weighted by molar-refractivity contribution is 0.102. The average Bonchev–Trinajstić information content (AvgIpc) is 2.58. The molecule has 2 aromatic carbocycles. The summed E-state index contributed by atoms with van der Waals surface area (Å²) in [6.07, 6.45) is 0. The van der Waals surface area contributed by atoms with E-state index in [1.807, 2.05) is 32.0 Å². The highest BCUT2D eigenvalue weighted by molar-refractivity contribution is 6.10. The van der Waals surface area contributed by atoms with E-state index in [0.717, 1.165) is 16.8 Å². The van der Waals surface area contributed by atoms with Crippen molar-refractivity contribution >= 4 is 23.0 Å². The molecular formula is C18H15N5O. The highest BCUT2D eigenvalue weighted by Gasteiger charge is 2.08. The highest BCUT2D eigenvalue weighted by Crippen LogP contribution is 2.18. The number of carbonyl (C=O) groups excluding carboxylic acids is 1. The van der Waals surface area contributed by atoms with Crippen LogP contribution in [0.4, 0.5) is 11.4 Å². The minimum Gasteiger partial charge on any atom is -0.322 e. The normalized spacial score (nSPS) is 9.33. The first kappa shape index (κ1) is 16.7. The van der Waals surface area contributed by atoms with E-state index in [1.54, 1.807) is 36.4 Å². The topological polar surface area (TPSA) is 101 Å². The van der Waals surface area contributed by atoms with Gasteiger partial charge >= 0.3 is 0 Å². The third kappa shape index (κ3) is 4.19. The van der Waals surface area contributed by atoms with Gasteiger partial charge < -0.3 is 5.32 Å². The summed E-state index contributed by atoms with van der Waals surface area (Å²) in [7, 11) is 0. The standard InChI is InChI=1S/C18H15N5O/c1-12-6-7-17(13(2)8-12)21-18(24)14-4-3-5-15(9-14)22-23-16(10-19)11-20/h3-9,22H,1-2H3,(H,21,24). The molecule has 0 saturated heterocycles. The molecule has 24 heavy (non-hydrogen) atoms. The lowest BCUT2D eigenvalue weighted by atomic mass is 10.1. The first-order valence-corrected chi connectivity index (χ1v) is 7.16. The van der Waals surface area contributed by atoms with Crippen LogP contribution in [0.25, 0.3) is 0 Å². The third-order valence-electron chi connectivity index (χ3n) is 3.26. The van der Waals surface area contributed by atoms with Gasteiger partial charge in [-0.15, -0.1) is 0 Å². The fourth-order valence-electron chi connectivity index (χ4n) is 2.07. The second-order valence-electron chi connectivity index (χ2n) is 5.15. The van der Waals surface area contributed by atoms with E-state index >= 15 is 0 Å². The predicted octanol–water partition coefficient (Wildman–Crippen LogP) is 3.37. The van der Waals surface area contributed by atoms with Crippen molar-refractivity contribution in [3.8, 4) is 12.1 Å². The van der Waals surface area contributed by atoms with Crippen LogP contribution in [-0.2, 0) is 0 Å². The van der Waals surface area contributed by atoms with Crippen molar-refractivity contribution in [3.05, 3.63) is 59.2 Å². The van der Waals surface area contributed by atoms with Gasteiger partial charge in [-0.25, -0.2) is 0 Å². The van der Waals surface area contributed by atoms with E-state index in [-0.39, 0.29) is 11.6 Å². The monoisotopic (exact) mass is 317 g/mol. The number of carbonyl (C=O) groups is 1. The third-order valence-corrected chi connectivity index (χ3v) is 3.26. The van der Waals surface area contributed by atoms with Gasteiger partial charge in [0.05, 0.1) is 5.69 Å². The number of nitrogens with zero attached hydrogens (tertiary/aromatic N) is 3. The number of aryl methyl sites for hydroxylation is 2. The molecule has 0 saturated carbocycles. The molecule has 0 fully saturated rings. The number of nitrogens with one attached hydrogen (secondary N) is 2. The highest BCUT2D eigenvalue weighted by atomic mass is 16.1. The SMILES string of the molecule is Cc1ccc(NC(=O)c2cccc(NN=C(C#N)C#N)c2)c(C)c1. The van der Waals surface area contributed by atoms with Crippen LogP contribution in [0.1, 0.15) is 21.5 Å². The minimum absolute atomic E-state index is 0.254. The van der Waals surface area contributed by atoms with Crippen LogP contribution in [0.15, 0.2) is 47.6 Å². The van der Waals surface area contributed by atoms with Gasteiger partial charge in [0.2, 0.25) is 5.71 Å². The van der Waals surface area contributed by atoms with Gasteiger partial charge in [0.15, 0.2) is 0 Å². The quantitative estimate of drug-likeness (QED) is 0.666. The summed E-state index contributed by atoms with van der Waals surface area (Å²) in [5.74, 6) is -0.254. The maximum atomic E-state index is 12.4. The molecule has 0 aliphatic heterocycles. The first-order chi connectivity index (χ1) is 11.5. The molecule has 0 heterocycles. The molecule has 6 heteroatoms. The van der Waals surface area contributed by atoms with Crippen LogP contribution in [-0.4, -0.2) is 11.6 Å².